The predicted molar refractivity (Wildman–Crippen MR) is 57.1 cm³/mol. The number of aliphatic carboxylic acids is 1. The van der Waals surface area contributed by atoms with Crippen molar-refractivity contribution in [3.8, 4) is 0 Å². The fraction of sp³-hybridized carbons (Fsp3) is 0.800. The third-order valence-corrected chi connectivity index (χ3v) is 2.69. The van der Waals surface area contributed by atoms with E-state index >= 15 is 0 Å². The number of esters is 1. The zero-order valence-electron chi connectivity index (χ0n) is 9.44. The molecule has 16 heavy (non-hydrogen) atoms. The van der Waals surface area contributed by atoms with Gasteiger partial charge in [-0.3, -0.25) is 14.5 Å². The van der Waals surface area contributed by atoms with Crippen molar-refractivity contribution in [1.82, 2.24) is 10.2 Å². The smallest absolute Gasteiger partial charge is 0.322 e. The Morgan fingerprint density at radius 2 is 2.31 bits per heavy atom. The van der Waals surface area contributed by atoms with Gasteiger partial charge in [0, 0.05) is 26.1 Å². The summed E-state index contributed by atoms with van der Waals surface area (Å²) in [4.78, 5) is 23.7. The molecule has 0 saturated carbocycles. The first-order chi connectivity index (χ1) is 7.65. The maximum Gasteiger partial charge on any atom is 0.322 e. The Bertz CT molecular complexity index is 257. The largest absolute Gasteiger partial charge is 0.480 e. The second-order valence-corrected chi connectivity index (χ2v) is 3.77. The monoisotopic (exact) mass is 230 g/mol. The van der Waals surface area contributed by atoms with Gasteiger partial charge in [0.15, 0.2) is 0 Å². The molecule has 1 aliphatic heterocycles. The van der Waals surface area contributed by atoms with Crippen LogP contribution in [0, 0.1) is 0 Å². The fourth-order valence-corrected chi connectivity index (χ4v) is 1.79. The Kier molecular flexibility index (Phi) is 5.21. The number of nitrogens with zero attached hydrogens (tertiary/aromatic N) is 1. The number of ether oxygens (including phenoxy) is 1. The number of hydrogen-bond donors (Lipinski definition) is 2. The van der Waals surface area contributed by atoms with Crippen molar-refractivity contribution < 1.29 is 19.4 Å². The Morgan fingerprint density at radius 1 is 1.56 bits per heavy atom. The molecule has 1 heterocycles. The van der Waals surface area contributed by atoms with Crippen molar-refractivity contribution in [3.05, 3.63) is 0 Å². The number of piperazine rings is 1. The average molecular weight is 230 g/mol. The van der Waals surface area contributed by atoms with Gasteiger partial charge in [0.2, 0.25) is 0 Å². The standard InChI is InChI=1S/C10H18N2O4/c1-16-9(13)3-2-5-12-6-4-11-7-8(12)10(14)15/h8,11H,2-7H2,1H3,(H,14,15). The Labute approximate surface area is 94.6 Å². The molecule has 1 unspecified atom stereocenters. The van der Waals surface area contributed by atoms with E-state index in [0.717, 1.165) is 6.54 Å². The molecule has 6 nitrogen and oxygen atoms in total. The molecule has 0 bridgehead atoms. The van der Waals surface area contributed by atoms with Crippen molar-refractivity contribution in [1.29, 1.82) is 0 Å². The summed E-state index contributed by atoms with van der Waals surface area (Å²) in [5.41, 5.74) is 0. The lowest BCUT2D eigenvalue weighted by molar-refractivity contribution is -0.144. The van der Waals surface area contributed by atoms with Crippen molar-refractivity contribution in [2.45, 2.75) is 18.9 Å². The maximum absolute atomic E-state index is 10.9. The Hall–Kier alpha value is -1.14. The lowest BCUT2D eigenvalue weighted by atomic mass is 10.1. The highest BCUT2D eigenvalue weighted by molar-refractivity contribution is 5.74. The van der Waals surface area contributed by atoms with E-state index in [1.54, 1.807) is 0 Å². The summed E-state index contributed by atoms with van der Waals surface area (Å²) in [7, 11) is 1.35. The molecule has 1 fully saturated rings. The number of rotatable bonds is 5. The first kappa shape index (κ1) is 12.9. The lowest BCUT2D eigenvalue weighted by Crippen LogP contribution is -2.55. The van der Waals surface area contributed by atoms with E-state index in [2.05, 4.69) is 10.1 Å². The van der Waals surface area contributed by atoms with Crippen LogP contribution in [-0.4, -0.2) is 61.3 Å². The molecule has 1 rings (SSSR count). The van der Waals surface area contributed by atoms with Gasteiger partial charge < -0.3 is 15.2 Å². The van der Waals surface area contributed by atoms with Gasteiger partial charge in [-0.2, -0.15) is 0 Å². The molecule has 0 aromatic rings. The van der Waals surface area contributed by atoms with Crippen LogP contribution in [0.2, 0.25) is 0 Å². The van der Waals surface area contributed by atoms with E-state index in [9.17, 15) is 9.59 Å². The highest BCUT2D eigenvalue weighted by Crippen LogP contribution is 2.06. The summed E-state index contributed by atoms with van der Waals surface area (Å²) >= 11 is 0. The number of carboxylic acids is 1. The normalized spacial score (nSPS) is 21.7. The minimum absolute atomic E-state index is 0.248. The van der Waals surface area contributed by atoms with Gasteiger partial charge in [-0.1, -0.05) is 0 Å². The number of methoxy groups -OCH3 is 1. The molecule has 6 heteroatoms. The molecule has 2 N–H and O–H groups in total. The quantitative estimate of drug-likeness (QED) is 0.608. The van der Waals surface area contributed by atoms with E-state index in [-0.39, 0.29) is 5.97 Å². The lowest BCUT2D eigenvalue weighted by Gasteiger charge is -2.33. The fourth-order valence-electron chi connectivity index (χ4n) is 1.79. The van der Waals surface area contributed by atoms with Crippen molar-refractivity contribution in [3.63, 3.8) is 0 Å². The average Bonchev–Trinajstić information content (AvgIpc) is 2.29. The highest BCUT2D eigenvalue weighted by Gasteiger charge is 2.27. The third-order valence-electron chi connectivity index (χ3n) is 2.69. The first-order valence-corrected chi connectivity index (χ1v) is 5.39. The van der Waals surface area contributed by atoms with E-state index in [0.29, 0.717) is 32.5 Å². The molecular weight excluding hydrogens is 212 g/mol. The van der Waals surface area contributed by atoms with Crippen LogP contribution in [0.25, 0.3) is 0 Å². The molecule has 0 aromatic carbocycles. The zero-order valence-corrected chi connectivity index (χ0v) is 9.44. The maximum atomic E-state index is 10.9. The SMILES string of the molecule is COC(=O)CCCN1CCNCC1C(=O)O. The van der Waals surface area contributed by atoms with Gasteiger partial charge >= 0.3 is 11.9 Å². The highest BCUT2D eigenvalue weighted by atomic mass is 16.5. The second-order valence-electron chi connectivity index (χ2n) is 3.77. The second kappa shape index (κ2) is 6.44. The van der Waals surface area contributed by atoms with Crippen molar-refractivity contribution in [2.75, 3.05) is 33.3 Å². The molecule has 1 atom stereocenters. The summed E-state index contributed by atoms with van der Waals surface area (Å²) in [6.07, 6.45) is 0.975. The van der Waals surface area contributed by atoms with Crippen molar-refractivity contribution >= 4 is 11.9 Å². The molecule has 0 radical (unpaired) electrons. The first-order valence-electron chi connectivity index (χ1n) is 5.39. The number of carbonyl (C=O) groups is 2. The summed E-state index contributed by atoms with van der Waals surface area (Å²) in [6, 6.07) is -0.480. The molecule has 92 valence electrons. The topological polar surface area (TPSA) is 78.9 Å². The van der Waals surface area contributed by atoms with Crippen LogP contribution in [0.15, 0.2) is 0 Å². The van der Waals surface area contributed by atoms with Crippen LogP contribution in [0.3, 0.4) is 0 Å². The van der Waals surface area contributed by atoms with E-state index < -0.39 is 12.0 Å². The van der Waals surface area contributed by atoms with E-state index in [4.69, 9.17) is 5.11 Å². The molecule has 0 amide bonds. The van der Waals surface area contributed by atoms with Gasteiger partial charge in [-0.05, 0) is 13.0 Å². The minimum Gasteiger partial charge on any atom is -0.480 e. The molecule has 0 spiro atoms. The minimum atomic E-state index is -0.815. The third kappa shape index (κ3) is 3.79. The van der Waals surface area contributed by atoms with Crippen LogP contribution < -0.4 is 5.32 Å². The molecule has 1 saturated heterocycles. The van der Waals surface area contributed by atoms with Crippen LogP contribution in [0.5, 0.6) is 0 Å². The summed E-state index contributed by atoms with van der Waals surface area (Å²) < 4.78 is 4.53. The van der Waals surface area contributed by atoms with Crippen LogP contribution in [-0.2, 0) is 14.3 Å². The molecule has 0 aliphatic carbocycles. The van der Waals surface area contributed by atoms with Gasteiger partial charge in [0.1, 0.15) is 6.04 Å². The number of hydrogen-bond acceptors (Lipinski definition) is 5. The Balaban J connectivity index is 2.32. The number of carboxylic acid groups (broad SMARTS) is 1. The van der Waals surface area contributed by atoms with Gasteiger partial charge in [-0.25, -0.2) is 0 Å². The molecule has 1 aliphatic rings. The number of nitrogens with one attached hydrogen (secondary N) is 1. The van der Waals surface area contributed by atoms with Gasteiger partial charge in [0.25, 0.3) is 0 Å². The van der Waals surface area contributed by atoms with Crippen LogP contribution in [0.1, 0.15) is 12.8 Å². The molecular formula is C10H18N2O4. The summed E-state index contributed by atoms with van der Waals surface area (Å²) in [6.45, 7) is 2.58. The van der Waals surface area contributed by atoms with E-state index in [1.165, 1.54) is 7.11 Å². The number of carbonyl (C=O) groups excluding carboxylic acids is 1. The molecule has 0 aromatic heterocycles. The van der Waals surface area contributed by atoms with Crippen LogP contribution in [0.4, 0.5) is 0 Å². The Morgan fingerprint density at radius 3 is 2.94 bits per heavy atom. The van der Waals surface area contributed by atoms with E-state index in [1.807, 2.05) is 4.90 Å². The summed E-state index contributed by atoms with van der Waals surface area (Å²) in [5.74, 6) is -1.06. The van der Waals surface area contributed by atoms with Gasteiger partial charge in [0.05, 0.1) is 7.11 Å². The zero-order chi connectivity index (χ0) is 12.0. The van der Waals surface area contributed by atoms with Crippen molar-refractivity contribution in [2.24, 2.45) is 0 Å². The van der Waals surface area contributed by atoms with Gasteiger partial charge in [-0.15, -0.1) is 0 Å². The van der Waals surface area contributed by atoms with Crippen LogP contribution >= 0.6 is 0 Å². The predicted octanol–water partition coefficient (Wildman–Crippen LogP) is -0.702. The summed E-state index contributed by atoms with van der Waals surface area (Å²) in [5, 5.41) is 12.0.